The lowest BCUT2D eigenvalue weighted by molar-refractivity contribution is 0.0951. The van der Waals surface area contributed by atoms with Gasteiger partial charge in [0.15, 0.2) is 0 Å². The van der Waals surface area contributed by atoms with Crippen molar-refractivity contribution in [2.45, 2.75) is 6.54 Å². The van der Waals surface area contributed by atoms with Crippen LogP contribution < -0.4 is 5.32 Å². The Kier molecular flexibility index (Phi) is 4.45. The van der Waals surface area contributed by atoms with E-state index in [9.17, 15) is 9.90 Å². The molecule has 0 aromatic heterocycles. The van der Waals surface area contributed by atoms with Gasteiger partial charge in [0.1, 0.15) is 5.75 Å². The first-order valence-electron chi connectivity index (χ1n) is 5.57. The Morgan fingerprint density at radius 3 is 2.79 bits per heavy atom. The number of rotatable bonds is 3. The Balaban J connectivity index is 2.07. The minimum absolute atomic E-state index is 0.173. The second-order valence-electron chi connectivity index (χ2n) is 3.98. The van der Waals surface area contributed by atoms with Crippen LogP contribution in [0, 0.1) is 0 Å². The van der Waals surface area contributed by atoms with Crippen molar-refractivity contribution >= 4 is 33.4 Å². The SMILES string of the molecule is O=C(NCc1cccc(O)c1)c1cc(Br)ccc1Cl. The van der Waals surface area contributed by atoms with Crippen molar-refractivity contribution in [3.05, 3.63) is 63.1 Å². The van der Waals surface area contributed by atoms with E-state index < -0.39 is 0 Å². The van der Waals surface area contributed by atoms with Gasteiger partial charge >= 0.3 is 0 Å². The average molecular weight is 341 g/mol. The molecule has 98 valence electrons. The summed E-state index contributed by atoms with van der Waals surface area (Å²) in [5, 5.41) is 12.5. The summed E-state index contributed by atoms with van der Waals surface area (Å²) in [7, 11) is 0. The molecule has 0 saturated heterocycles. The predicted octanol–water partition coefficient (Wildman–Crippen LogP) is 3.74. The van der Waals surface area contributed by atoms with Crippen LogP contribution in [0.25, 0.3) is 0 Å². The predicted molar refractivity (Wildman–Crippen MR) is 78.4 cm³/mol. The summed E-state index contributed by atoms with van der Waals surface area (Å²) in [6.45, 7) is 0.329. The van der Waals surface area contributed by atoms with Crippen LogP contribution in [0.1, 0.15) is 15.9 Å². The highest BCUT2D eigenvalue weighted by Gasteiger charge is 2.10. The zero-order valence-corrected chi connectivity index (χ0v) is 12.2. The third-order valence-corrected chi connectivity index (χ3v) is 3.36. The van der Waals surface area contributed by atoms with Gasteiger partial charge in [0, 0.05) is 11.0 Å². The molecule has 0 unspecified atom stereocenters. The molecule has 2 N–H and O–H groups in total. The zero-order chi connectivity index (χ0) is 13.8. The van der Waals surface area contributed by atoms with Gasteiger partial charge in [0.25, 0.3) is 5.91 Å². The molecule has 0 atom stereocenters. The van der Waals surface area contributed by atoms with Crippen molar-refractivity contribution in [3.63, 3.8) is 0 Å². The van der Waals surface area contributed by atoms with Crippen LogP contribution in [-0.4, -0.2) is 11.0 Å². The van der Waals surface area contributed by atoms with Gasteiger partial charge in [-0.05, 0) is 35.9 Å². The summed E-state index contributed by atoms with van der Waals surface area (Å²) in [6.07, 6.45) is 0. The number of benzene rings is 2. The lowest BCUT2D eigenvalue weighted by atomic mass is 10.2. The first kappa shape index (κ1) is 13.9. The highest BCUT2D eigenvalue weighted by atomic mass is 79.9. The third-order valence-electron chi connectivity index (χ3n) is 2.54. The van der Waals surface area contributed by atoms with Crippen LogP contribution in [-0.2, 0) is 6.54 Å². The number of aromatic hydroxyl groups is 1. The van der Waals surface area contributed by atoms with Crippen molar-refractivity contribution < 1.29 is 9.90 Å². The van der Waals surface area contributed by atoms with Gasteiger partial charge in [-0.15, -0.1) is 0 Å². The Morgan fingerprint density at radius 2 is 2.05 bits per heavy atom. The lowest BCUT2D eigenvalue weighted by Crippen LogP contribution is -2.23. The molecule has 19 heavy (non-hydrogen) atoms. The Labute approximate surface area is 124 Å². The molecule has 2 rings (SSSR count). The van der Waals surface area contributed by atoms with E-state index in [4.69, 9.17) is 11.6 Å². The third kappa shape index (κ3) is 3.72. The number of hydrogen-bond acceptors (Lipinski definition) is 2. The summed E-state index contributed by atoms with van der Waals surface area (Å²) in [4.78, 5) is 12.0. The molecule has 2 aromatic rings. The summed E-state index contributed by atoms with van der Waals surface area (Å²) >= 11 is 9.27. The van der Waals surface area contributed by atoms with Crippen LogP contribution in [0.5, 0.6) is 5.75 Å². The number of carbonyl (C=O) groups is 1. The van der Waals surface area contributed by atoms with E-state index in [1.54, 1.807) is 36.4 Å². The number of phenolic OH excluding ortho intramolecular Hbond substituents is 1. The molecule has 0 aliphatic rings. The van der Waals surface area contributed by atoms with Crippen LogP contribution in [0.3, 0.4) is 0 Å². The number of carbonyl (C=O) groups excluding carboxylic acids is 1. The minimum Gasteiger partial charge on any atom is -0.508 e. The molecule has 1 amide bonds. The molecule has 5 heteroatoms. The van der Waals surface area contributed by atoms with E-state index in [0.29, 0.717) is 17.1 Å². The average Bonchev–Trinajstić information content (AvgIpc) is 2.39. The Hall–Kier alpha value is -1.52. The van der Waals surface area contributed by atoms with Gasteiger partial charge in [-0.1, -0.05) is 39.7 Å². The minimum atomic E-state index is -0.255. The lowest BCUT2D eigenvalue weighted by Gasteiger charge is -2.07. The molecule has 0 heterocycles. The molecular weight excluding hydrogens is 330 g/mol. The largest absolute Gasteiger partial charge is 0.508 e. The summed E-state index contributed by atoms with van der Waals surface area (Å²) in [6, 6.07) is 11.8. The standard InChI is InChI=1S/C14H11BrClNO2/c15-10-4-5-13(16)12(7-10)14(19)17-8-9-2-1-3-11(18)6-9/h1-7,18H,8H2,(H,17,19). The van der Waals surface area contributed by atoms with Crippen molar-refractivity contribution in [2.24, 2.45) is 0 Å². The fraction of sp³-hybridized carbons (Fsp3) is 0.0714. The number of amides is 1. The molecular formula is C14H11BrClNO2. The van der Waals surface area contributed by atoms with Crippen molar-refractivity contribution in [2.75, 3.05) is 0 Å². The van der Waals surface area contributed by atoms with Crippen LogP contribution in [0.15, 0.2) is 46.9 Å². The first-order valence-corrected chi connectivity index (χ1v) is 6.74. The van der Waals surface area contributed by atoms with Crippen LogP contribution in [0.2, 0.25) is 5.02 Å². The zero-order valence-electron chi connectivity index (χ0n) is 9.86. The maximum atomic E-state index is 12.0. The molecule has 0 spiro atoms. The van der Waals surface area contributed by atoms with Gasteiger partial charge < -0.3 is 10.4 Å². The van der Waals surface area contributed by atoms with E-state index in [1.165, 1.54) is 0 Å². The van der Waals surface area contributed by atoms with E-state index in [1.807, 2.05) is 6.07 Å². The fourth-order valence-corrected chi connectivity index (χ4v) is 2.18. The molecule has 2 aromatic carbocycles. The van der Waals surface area contributed by atoms with Gasteiger partial charge in [0.05, 0.1) is 10.6 Å². The normalized spacial score (nSPS) is 10.2. The van der Waals surface area contributed by atoms with Gasteiger partial charge in [-0.3, -0.25) is 4.79 Å². The van der Waals surface area contributed by atoms with Gasteiger partial charge in [0.2, 0.25) is 0 Å². The topological polar surface area (TPSA) is 49.3 Å². The van der Waals surface area contributed by atoms with Crippen molar-refractivity contribution in [3.8, 4) is 5.75 Å². The molecule has 0 fully saturated rings. The second-order valence-corrected chi connectivity index (χ2v) is 5.30. The Morgan fingerprint density at radius 1 is 1.26 bits per heavy atom. The number of nitrogens with one attached hydrogen (secondary N) is 1. The summed E-state index contributed by atoms with van der Waals surface area (Å²) in [5.74, 6) is -0.0816. The maximum absolute atomic E-state index is 12.0. The quantitative estimate of drug-likeness (QED) is 0.894. The van der Waals surface area contributed by atoms with E-state index in [0.717, 1.165) is 10.0 Å². The molecule has 0 bridgehead atoms. The van der Waals surface area contributed by atoms with E-state index >= 15 is 0 Å². The second kappa shape index (κ2) is 6.08. The fourth-order valence-electron chi connectivity index (χ4n) is 1.62. The Bertz CT molecular complexity index is 616. The molecule has 0 aliphatic carbocycles. The molecule has 0 radical (unpaired) electrons. The monoisotopic (exact) mass is 339 g/mol. The number of phenols is 1. The van der Waals surface area contributed by atoms with Crippen LogP contribution in [0.4, 0.5) is 0 Å². The van der Waals surface area contributed by atoms with Gasteiger partial charge in [-0.2, -0.15) is 0 Å². The molecule has 0 saturated carbocycles. The van der Waals surface area contributed by atoms with Crippen molar-refractivity contribution in [1.29, 1.82) is 0 Å². The molecule has 0 aliphatic heterocycles. The highest BCUT2D eigenvalue weighted by molar-refractivity contribution is 9.10. The van der Waals surface area contributed by atoms with Crippen LogP contribution >= 0.6 is 27.5 Å². The van der Waals surface area contributed by atoms with Gasteiger partial charge in [-0.25, -0.2) is 0 Å². The highest BCUT2D eigenvalue weighted by Crippen LogP contribution is 2.21. The summed E-state index contributed by atoms with van der Waals surface area (Å²) < 4.78 is 0.791. The molecule has 3 nitrogen and oxygen atoms in total. The number of halogens is 2. The summed E-state index contributed by atoms with van der Waals surface area (Å²) in [5.41, 5.74) is 1.23. The first-order chi connectivity index (χ1) is 9.06. The maximum Gasteiger partial charge on any atom is 0.253 e. The number of hydrogen-bond donors (Lipinski definition) is 2. The smallest absolute Gasteiger partial charge is 0.253 e. The van der Waals surface area contributed by atoms with E-state index in [2.05, 4.69) is 21.2 Å². The van der Waals surface area contributed by atoms with Crippen molar-refractivity contribution in [1.82, 2.24) is 5.32 Å². The van der Waals surface area contributed by atoms with E-state index in [-0.39, 0.29) is 11.7 Å².